The van der Waals surface area contributed by atoms with Crippen molar-refractivity contribution in [3.63, 3.8) is 0 Å². The first kappa shape index (κ1) is 12.3. The lowest BCUT2D eigenvalue weighted by atomic mass is 10.00. The van der Waals surface area contributed by atoms with Crippen LogP contribution >= 0.6 is 0 Å². The van der Waals surface area contributed by atoms with Gasteiger partial charge in [-0.3, -0.25) is 4.79 Å². The molecule has 19 heavy (non-hydrogen) atoms. The van der Waals surface area contributed by atoms with Crippen molar-refractivity contribution < 1.29 is 9.53 Å². The number of piperidine rings is 1. The van der Waals surface area contributed by atoms with Crippen LogP contribution in [-0.4, -0.2) is 30.0 Å². The summed E-state index contributed by atoms with van der Waals surface area (Å²) in [4.78, 5) is 14.4. The predicted molar refractivity (Wildman–Crippen MR) is 74.1 cm³/mol. The number of benzene rings is 1. The minimum absolute atomic E-state index is 0.121. The molecule has 0 N–H and O–H groups in total. The predicted octanol–water partition coefficient (Wildman–Crippen LogP) is 2.56. The van der Waals surface area contributed by atoms with Crippen LogP contribution in [0.2, 0.25) is 0 Å². The maximum absolute atomic E-state index is 12.5. The monoisotopic (exact) mass is 257 g/mol. The molecule has 3 rings (SSSR count). The summed E-state index contributed by atoms with van der Waals surface area (Å²) in [5.74, 6) is 0.985. The molecular formula is C16H19NO2. The number of aryl methyl sites for hydroxylation is 1. The minimum Gasteiger partial charge on any atom is -0.480 e. The average molecular weight is 257 g/mol. The topological polar surface area (TPSA) is 29.5 Å². The number of fused-ring (bicyclic) bond motifs is 1. The highest BCUT2D eigenvalue weighted by Gasteiger charge is 2.30. The van der Waals surface area contributed by atoms with Crippen LogP contribution in [0.5, 0.6) is 5.75 Å². The molecule has 100 valence electrons. The molecule has 0 spiro atoms. The Morgan fingerprint density at radius 3 is 3.00 bits per heavy atom. The Morgan fingerprint density at radius 2 is 2.16 bits per heavy atom. The Hall–Kier alpha value is -1.77. The molecule has 0 bridgehead atoms. The maximum Gasteiger partial charge on any atom is 0.263 e. The summed E-state index contributed by atoms with van der Waals surface area (Å²) in [6.07, 6.45) is 3.44. The quantitative estimate of drug-likeness (QED) is 0.724. The first-order valence-electron chi connectivity index (χ1n) is 6.94. The van der Waals surface area contributed by atoms with E-state index >= 15 is 0 Å². The van der Waals surface area contributed by atoms with E-state index in [2.05, 4.69) is 12.6 Å². The fourth-order valence-electron chi connectivity index (χ4n) is 2.84. The van der Waals surface area contributed by atoms with E-state index in [-0.39, 0.29) is 12.0 Å². The lowest BCUT2D eigenvalue weighted by Gasteiger charge is -2.33. The Balaban J connectivity index is 1.70. The zero-order valence-electron chi connectivity index (χ0n) is 11.1. The Kier molecular flexibility index (Phi) is 3.28. The van der Waals surface area contributed by atoms with Gasteiger partial charge in [0.2, 0.25) is 0 Å². The van der Waals surface area contributed by atoms with E-state index in [1.54, 1.807) is 0 Å². The van der Waals surface area contributed by atoms with E-state index in [4.69, 9.17) is 4.74 Å². The Morgan fingerprint density at radius 1 is 1.32 bits per heavy atom. The molecule has 0 aromatic heterocycles. The Labute approximate surface area is 113 Å². The number of para-hydroxylation sites is 1. The molecule has 3 heteroatoms. The number of rotatable bonds is 1. The molecule has 2 heterocycles. The van der Waals surface area contributed by atoms with Gasteiger partial charge in [0.15, 0.2) is 6.10 Å². The number of hydrogen-bond acceptors (Lipinski definition) is 2. The molecule has 0 radical (unpaired) electrons. The summed E-state index contributed by atoms with van der Waals surface area (Å²) >= 11 is 0. The molecule has 0 saturated carbocycles. The highest BCUT2D eigenvalue weighted by molar-refractivity contribution is 5.82. The number of carbonyl (C=O) groups is 1. The second-order valence-electron chi connectivity index (χ2n) is 5.37. The van der Waals surface area contributed by atoms with Crippen molar-refractivity contribution in [3.05, 3.63) is 42.0 Å². The van der Waals surface area contributed by atoms with Crippen LogP contribution in [0.4, 0.5) is 0 Å². The highest BCUT2D eigenvalue weighted by Crippen LogP contribution is 2.28. The number of amides is 1. The normalized spacial score (nSPS) is 22.6. The molecule has 1 aromatic rings. The fourth-order valence-corrected chi connectivity index (χ4v) is 2.84. The summed E-state index contributed by atoms with van der Waals surface area (Å²) in [6, 6.07) is 7.98. The van der Waals surface area contributed by atoms with Crippen LogP contribution in [0.15, 0.2) is 36.4 Å². The second kappa shape index (κ2) is 5.08. The molecule has 2 aliphatic rings. The van der Waals surface area contributed by atoms with Gasteiger partial charge < -0.3 is 9.64 Å². The van der Waals surface area contributed by atoms with Crippen LogP contribution in [0.3, 0.4) is 0 Å². The van der Waals surface area contributed by atoms with Crippen LogP contribution < -0.4 is 4.74 Å². The van der Waals surface area contributed by atoms with Gasteiger partial charge in [-0.1, -0.05) is 30.4 Å². The van der Waals surface area contributed by atoms with Gasteiger partial charge in [-0.2, -0.15) is 0 Å². The standard InChI is InChI=1S/C16H19NO2/c1-12-5-4-10-17(11-12)16(18)15-9-8-13-6-2-3-7-14(13)19-15/h2-3,6-7,15H,1,4-5,8-11H2. The van der Waals surface area contributed by atoms with Crippen LogP contribution in [-0.2, 0) is 11.2 Å². The van der Waals surface area contributed by atoms with Gasteiger partial charge in [0.25, 0.3) is 5.91 Å². The summed E-state index contributed by atoms with van der Waals surface area (Å²) in [6.45, 7) is 5.52. The third kappa shape index (κ3) is 2.50. The van der Waals surface area contributed by atoms with Gasteiger partial charge in [0, 0.05) is 13.1 Å². The number of likely N-dealkylation sites (tertiary alicyclic amines) is 1. The van der Waals surface area contributed by atoms with Crippen molar-refractivity contribution >= 4 is 5.91 Å². The van der Waals surface area contributed by atoms with E-state index in [1.165, 1.54) is 5.56 Å². The smallest absolute Gasteiger partial charge is 0.263 e. The van der Waals surface area contributed by atoms with Crippen molar-refractivity contribution in [1.82, 2.24) is 4.90 Å². The van der Waals surface area contributed by atoms with Gasteiger partial charge in [0.1, 0.15) is 5.75 Å². The molecule has 2 aliphatic heterocycles. The number of nitrogens with zero attached hydrogens (tertiary/aromatic N) is 1. The largest absolute Gasteiger partial charge is 0.480 e. The van der Waals surface area contributed by atoms with Crippen molar-refractivity contribution in [2.75, 3.05) is 13.1 Å². The maximum atomic E-state index is 12.5. The molecule has 0 aliphatic carbocycles. The van der Waals surface area contributed by atoms with Gasteiger partial charge in [-0.15, -0.1) is 0 Å². The van der Waals surface area contributed by atoms with Crippen molar-refractivity contribution in [3.8, 4) is 5.75 Å². The van der Waals surface area contributed by atoms with E-state index in [0.717, 1.165) is 43.6 Å². The summed E-state index contributed by atoms with van der Waals surface area (Å²) in [7, 11) is 0. The van der Waals surface area contributed by atoms with E-state index < -0.39 is 0 Å². The lowest BCUT2D eigenvalue weighted by molar-refractivity contribution is -0.139. The van der Waals surface area contributed by atoms with Crippen molar-refractivity contribution in [1.29, 1.82) is 0 Å². The molecule has 1 unspecified atom stereocenters. The van der Waals surface area contributed by atoms with Crippen LogP contribution in [0.25, 0.3) is 0 Å². The van der Waals surface area contributed by atoms with Crippen molar-refractivity contribution in [2.45, 2.75) is 31.8 Å². The van der Waals surface area contributed by atoms with Crippen molar-refractivity contribution in [2.24, 2.45) is 0 Å². The zero-order chi connectivity index (χ0) is 13.2. The molecular weight excluding hydrogens is 238 g/mol. The third-order valence-electron chi connectivity index (χ3n) is 3.88. The highest BCUT2D eigenvalue weighted by atomic mass is 16.5. The average Bonchev–Trinajstić information content (AvgIpc) is 2.46. The summed E-state index contributed by atoms with van der Waals surface area (Å²) in [5.41, 5.74) is 2.35. The zero-order valence-corrected chi connectivity index (χ0v) is 11.1. The SMILES string of the molecule is C=C1CCCN(C(=O)C2CCc3ccccc3O2)C1. The van der Waals surface area contributed by atoms with E-state index in [1.807, 2.05) is 23.1 Å². The number of hydrogen-bond donors (Lipinski definition) is 0. The summed E-state index contributed by atoms with van der Waals surface area (Å²) in [5, 5.41) is 0. The third-order valence-corrected chi connectivity index (χ3v) is 3.88. The molecule has 3 nitrogen and oxygen atoms in total. The lowest BCUT2D eigenvalue weighted by Crippen LogP contribution is -2.46. The van der Waals surface area contributed by atoms with E-state index in [0.29, 0.717) is 6.54 Å². The van der Waals surface area contributed by atoms with Crippen LogP contribution in [0.1, 0.15) is 24.8 Å². The number of carbonyl (C=O) groups excluding carboxylic acids is 1. The van der Waals surface area contributed by atoms with Gasteiger partial charge >= 0.3 is 0 Å². The molecule has 1 saturated heterocycles. The number of ether oxygens (including phenoxy) is 1. The van der Waals surface area contributed by atoms with Gasteiger partial charge in [0.05, 0.1) is 0 Å². The van der Waals surface area contributed by atoms with E-state index in [9.17, 15) is 4.79 Å². The molecule has 1 aromatic carbocycles. The van der Waals surface area contributed by atoms with Gasteiger partial charge in [-0.25, -0.2) is 0 Å². The second-order valence-corrected chi connectivity index (χ2v) is 5.37. The van der Waals surface area contributed by atoms with Crippen LogP contribution in [0, 0.1) is 0 Å². The molecule has 1 amide bonds. The molecule has 1 fully saturated rings. The molecule has 1 atom stereocenters. The van der Waals surface area contributed by atoms with Gasteiger partial charge in [-0.05, 0) is 37.3 Å². The fraction of sp³-hybridized carbons (Fsp3) is 0.438. The first-order chi connectivity index (χ1) is 9.24. The Bertz CT molecular complexity index is 509. The summed E-state index contributed by atoms with van der Waals surface area (Å²) < 4.78 is 5.86. The minimum atomic E-state index is -0.319. The first-order valence-corrected chi connectivity index (χ1v) is 6.94.